The van der Waals surface area contributed by atoms with E-state index in [0.717, 1.165) is 41.9 Å². The Labute approximate surface area is 222 Å². The van der Waals surface area contributed by atoms with Crippen LogP contribution >= 0.6 is 0 Å². The number of unbranched alkanes of at least 4 members (excludes halogenated alkanes) is 2. The largest absolute Gasteiger partial charge is 0.377 e. The summed E-state index contributed by atoms with van der Waals surface area (Å²) in [7, 11) is 0. The van der Waals surface area contributed by atoms with Gasteiger partial charge in [-0.1, -0.05) is 86.5 Å². The van der Waals surface area contributed by atoms with E-state index in [1.54, 1.807) is 6.07 Å². The normalized spacial score (nSPS) is 17.6. The van der Waals surface area contributed by atoms with E-state index in [4.69, 9.17) is 9.47 Å². The number of allylic oxidation sites excluding steroid dienone is 1. The highest BCUT2D eigenvalue weighted by atomic mass is 19.1. The second-order valence-electron chi connectivity index (χ2n) is 10.4. The van der Waals surface area contributed by atoms with Gasteiger partial charge in [0.1, 0.15) is 5.82 Å². The molecule has 0 aromatic heterocycles. The Bertz CT molecular complexity index is 1100. The van der Waals surface area contributed by atoms with Gasteiger partial charge in [-0.2, -0.15) is 0 Å². The SMILES string of the molecule is C=CC1CCC(COCc2ccc(-c3ccc(-c4ccc(COCCCCC)cc4F)cc3)cc2)CC1. The first kappa shape index (κ1) is 27.3. The maximum absolute atomic E-state index is 14.8. The fourth-order valence-electron chi connectivity index (χ4n) is 5.10. The van der Waals surface area contributed by atoms with E-state index < -0.39 is 0 Å². The van der Waals surface area contributed by atoms with Crippen molar-refractivity contribution in [1.82, 2.24) is 0 Å². The van der Waals surface area contributed by atoms with Gasteiger partial charge in [-0.05, 0) is 77.8 Å². The molecule has 0 bridgehead atoms. The van der Waals surface area contributed by atoms with Gasteiger partial charge >= 0.3 is 0 Å². The molecule has 1 saturated carbocycles. The van der Waals surface area contributed by atoms with E-state index in [0.29, 0.717) is 30.6 Å². The van der Waals surface area contributed by atoms with Crippen LogP contribution in [-0.4, -0.2) is 13.2 Å². The van der Waals surface area contributed by atoms with Gasteiger partial charge < -0.3 is 9.47 Å². The summed E-state index contributed by atoms with van der Waals surface area (Å²) >= 11 is 0. The maximum Gasteiger partial charge on any atom is 0.131 e. The van der Waals surface area contributed by atoms with Gasteiger partial charge in [0, 0.05) is 18.8 Å². The third-order valence-corrected chi connectivity index (χ3v) is 7.52. The van der Waals surface area contributed by atoms with Crippen LogP contribution in [-0.2, 0) is 22.7 Å². The van der Waals surface area contributed by atoms with Crippen LogP contribution in [0.5, 0.6) is 0 Å². The Hall–Kier alpha value is -2.75. The first-order valence-corrected chi connectivity index (χ1v) is 13.9. The second kappa shape index (κ2) is 14.3. The molecule has 0 spiro atoms. The third-order valence-electron chi connectivity index (χ3n) is 7.52. The second-order valence-corrected chi connectivity index (χ2v) is 10.4. The summed E-state index contributed by atoms with van der Waals surface area (Å²) < 4.78 is 26.5. The minimum atomic E-state index is -0.208. The first-order chi connectivity index (χ1) is 18.2. The monoisotopic (exact) mass is 500 g/mol. The molecule has 3 heteroatoms. The molecule has 0 N–H and O–H groups in total. The molecule has 0 unspecified atom stereocenters. The Morgan fingerprint density at radius 3 is 2.05 bits per heavy atom. The molecule has 0 aliphatic heterocycles. The molecular weight excluding hydrogens is 459 g/mol. The number of hydrogen-bond acceptors (Lipinski definition) is 2. The van der Waals surface area contributed by atoms with Crippen molar-refractivity contribution in [3.63, 3.8) is 0 Å². The zero-order valence-electron chi connectivity index (χ0n) is 22.3. The molecule has 1 fully saturated rings. The lowest BCUT2D eigenvalue weighted by atomic mass is 9.82. The first-order valence-electron chi connectivity index (χ1n) is 13.9. The van der Waals surface area contributed by atoms with Gasteiger partial charge in [0.05, 0.1) is 13.2 Å². The molecule has 196 valence electrons. The van der Waals surface area contributed by atoms with Crippen molar-refractivity contribution in [3.05, 3.63) is 96.3 Å². The summed E-state index contributed by atoms with van der Waals surface area (Å²) in [5.74, 6) is 1.17. The zero-order valence-corrected chi connectivity index (χ0v) is 22.3. The average molecular weight is 501 g/mol. The summed E-state index contributed by atoms with van der Waals surface area (Å²) in [6, 6.07) is 22.1. The van der Waals surface area contributed by atoms with Gasteiger partial charge in [-0.15, -0.1) is 6.58 Å². The van der Waals surface area contributed by atoms with Crippen molar-refractivity contribution in [1.29, 1.82) is 0 Å². The minimum Gasteiger partial charge on any atom is -0.377 e. The Kier molecular flexibility index (Phi) is 10.5. The maximum atomic E-state index is 14.8. The standard InChI is InChI=1S/C34H41FO2/c1-3-5-6-21-36-25-29-13-20-33(34(35)22-29)32-18-16-31(17-19-32)30-14-11-28(12-15-30)24-37-23-27-9-7-26(4-2)8-10-27/h4,11-20,22,26-27H,2-3,5-10,21,23-25H2,1H3. The molecule has 3 aromatic carbocycles. The van der Waals surface area contributed by atoms with Crippen molar-refractivity contribution in [2.24, 2.45) is 11.8 Å². The van der Waals surface area contributed by atoms with Gasteiger partial charge in [-0.25, -0.2) is 4.39 Å². The van der Waals surface area contributed by atoms with Crippen LogP contribution in [0, 0.1) is 17.7 Å². The van der Waals surface area contributed by atoms with Crippen LogP contribution in [0.1, 0.15) is 63.0 Å². The van der Waals surface area contributed by atoms with Crippen LogP contribution in [0.3, 0.4) is 0 Å². The lowest BCUT2D eigenvalue weighted by Crippen LogP contribution is -2.17. The van der Waals surface area contributed by atoms with Crippen molar-refractivity contribution < 1.29 is 13.9 Å². The van der Waals surface area contributed by atoms with Gasteiger partial charge in [-0.3, -0.25) is 0 Å². The summed E-state index contributed by atoms with van der Waals surface area (Å²) in [5, 5.41) is 0. The van der Waals surface area contributed by atoms with E-state index in [2.05, 4.69) is 56.0 Å². The highest BCUT2D eigenvalue weighted by Crippen LogP contribution is 2.30. The Morgan fingerprint density at radius 2 is 1.41 bits per heavy atom. The number of ether oxygens (including phenoxy) is 2. The summed E-state index contributed by atoms with van der Waals surface area (Å²) in [6.07, 6.45) is 10.5. The predicted octanol–water partition coefficient (Wildman–Crippen LogP) is 9.38. The van der Waals surface area contributed by atoms with Crippen LogP contribution in [0.2, 0.25) is 0 Å². The minimum absolute atomic E-state index is 0.208. The molecule has 1 aliphatic rings. The van der Waals surface area contributed by atoms with Crippen LogP contribution < -0.4 is 0 Å². The van der Waals surface area contributed by atoms with Crippen LogP contribution in [0.15, 0.2) is 79.4 Å². The van der Waals surface area contributed by atoms with Crippen molar-refractivity contribution >= 4 is 0 Å². The molecule has 0 saturated heterocycles. The highest BCUT2D eigenvalue weighted by Gasteiger charge is 2.19. The lowest BCUT2D eigenvalue weighted by Gasteiger charge is -2.26. The highest BCUT2D eigenvalue weighted by molar-refractivity contribution is 5.71. The zero-order chi connectivity index (χ0) is 25.9. The molecule has 0 radical (unpaired) electrons. The van der Waals surface area contributed by atoms with Gasteiger partial charge in [0.2, 0.25) is 0 Å². The third kappa shape index (κ3) is 8.12. The van der Waals surface area contributed by atoms with E-state index in [1.807, 2.05) is 24.3 Å². The number of rotatable bonds is 13. The molecule has 37 heavy (non-hydrogen) atoms. The molecule has 0 amide bonds. The number of benzene rings is 3. The van der Waals surface area contributed by atoms with Crippen molar-refractivity contribution in [2.45, 2.75) is 65.1 Å². The molecular formula is C34H41FO2. The van der Waals surface area contributed by atoms with Gasteiger partial charge in [0.15, 0.2) is 0 Å². The summed E-state index contributed by atoms with van der Waals surface area (Å²) in [6.45, 7) is 8.78. The van der Waals surface area contributed by atoms with Crippen LogP contribution in [0.4, 0.5) is 4.39 Å². The Balaban J connectivity index is 1.27. The predicted molar refractivity (Wildman–Crippen MR) is 152 cm³/mol. The van der Waals surface area contributed by atoms with E-state index >= 15 is 0 Å². The van der Waals surface area contributed by atoms with Crippen LogP contribution in [0.25, 0.3) is 22.3 Å². The number of halogens is 1. The lowest BCUT2D eigenvalue weighted by molar-refractivity contribution is 0.0701. The topological polar surface area (TPSA) is 18.5 Å². The molecule has 3 aromatic rings. The molecule has 0 atom stereocenters. The summed E-state index contributed by atoms with van der Waals surface area (Å²) in [4.78, 5) is 0. The number of hydrogen-bond donors (Lipinski definition) is 0. The average Bonchev–Trinajstić information content (AvgIpc) is 2.94. The molecule has 4 rings (SSSR count). The smallest absolute Gasteiger partial charge is 0.131 e. The molecule has 2 nitrogen and oxygen atoms in total. The fraction of sp³-hybridized carbons (Fsp3) is 0.412. The van der Waals surface area contributed by atoms with Gasteiger partial charge in [0.25, 0.3) is 0 Å². The quantitative estimate of drug-likeness (QED) is 0.172. The van der Waals surface area contributed by atoms with E-state index in [9.17, 15) is 4.39 Å². The van der Waals surface area contributed by atoms with E-state index in [-0.39, 0.29) is 5.82 Å². The molecule has 0 heterocycles. The fourth-order valence-corrected chi connectivity index (χ4v) is 5.10. The van der Waals surface area contributed by atoms with E-state index in [1.165, 1.54) is 44.1 Å². The Morgan fingerprint density at radius 1 is 0.784 bits per heavy atom. The molecule has 1 aliphatic carbocycles. The van der Waals surface area contributed by atoms with Crippen molar-refractivity contribution in [2.75, 3.05) is 13.2 Å². The summed E-state index contributed by atoms with van der Waals surface area (Å²) in [5.41, 5.74) is 5.83. The van der Waals surface area contributed by atoms with Crippen molar-refractivity contribution in [3.8, 4) is 22.3 Å².